The summed E-state index contributed by atoms with van der Waals surface area (Å²) in [5, 5.41) is 0. The third-order valence-electron chi connectivity index (χ3n) is 14.6. The highest BCUT2D eigenvalue weighted by Crippen LogP contribution is 2.16. The number of allylic oxidation sites excluding steroid dienone is 22. The number of esters is 3. The molecule has 0 spiro atoms. The molecule has 0 bridgehead atoms. The molecule has 0 fully saturated rings. The summed E-state index contributed by atoms with van der Waals surface area (Å²) in [5.74, 6) is -0.915. The van der Waals surface area contributed by atoms with Crippen LogP contribution in [0.25, 0.3) is 0 Å². The number of carbonyl (C=O) groups excluding carboxylic acids is 3. The van der Waals surface area contributed by atoms with E-state index in [-0.39, 0.29) is 31.1 Å². The lowest BCUT2D eigenvalue weighted by Gasteiger charge is -2.18. The maximum absolute atomic E-state index is 12.9. The first kappa shape index (κ1) is 78.5. The van der Waals surface area contributed by atoms with Crippen LogP contribution in [0.5, 0.6) is 0 Å². The van der Waals surface area contributed by atoms with Gasteiger partial charge in [0.1, 0.15) is 13.2 Å². The highest BCUT2D eigenvalue weighted by molar-refractivity contribution is 5.71. The molecule has 0 rings (SSSR count). The molecule has 0 saturated carbocycles. The van der Waals surface area contributed by atoms with Crippen LogP contribution in [-0.4, -0.2) is 37.2 Å². The van der Waals surface area contributed by atoms with Gasteiger partial charge in [-0.15, -0.1) is 0 Å². The van der Waals surface area contributed by atoms with E-state index in [4.69, 9.17) is 14.2 Å². The van der Waals surface area contributed by atoms with Gasteiger partial charge >= 0.3 is 17.9 Å². The Morgan fingerprint density at radius 2 is 0.482 bits per heavy atom. The first-order valence-electron chi connectivity index (χ1n) is 34.7. The van der Waals surface area contributed by atoms with Crippen LogP contribution in [0.4, 0.5) is 0 Å². The molecule has 0 radical (unpaired) electrons. The van der Waals surface area contributed by atoms with Crippen LogP contribution in [0, 0.1) is 0 Å². The molecular weight excluding hydrogens is 1020 g/mol. The van der Waals surface area contributed by atoms with Gasteiger partial charge in [-0.05, 0) is 116 Å². The molecule has 0 aliphatic heterocycles. The average Bonchev–Trinajstić information content (AvgIpc) is 3.49. The molecule has 0 saturated heterocycles. The Morgan fingerprint density at radius 3 is 0.771 bits per heavy atom. The van der Waals surface area contributed by atoms with Gasteiger partial charge in [0.2, 0.25) is 0 Å². The number of unbranched alkanes of at least 4 members (excludes halogenated alkanes) is 29. The number of carbonyl (C=O) groups is 3. The fourth-order valence-electron chi connectivity index (χ4n) is 9.45. The minimum atomic E-state index is -0.796. The number of hydrogen-bond donors (Lipinski definition) is 0. The van der Waals surface area contributed by atoms with Crippen molar-refractivity contribution in [1.29, 1.82) is 0 Å². The summed E-state index contributed by atoms with van der Waals surface area (Å²) in [5.41, 5.74) is 0. The molecule has 472 valence electrons. The molecule has 83 heavy (non-hydrogen) atoms. The van der Waals surface area contributed by atoms with Crippen molar-refractivity contribution in [2.45, 2.75) is 322 Å². The summed E-state index contributed by atoms with van der Waals surface area (Å²) in [6, 6.07) is 0. The highest BCUT2D eigenvalue weighted by atomic mass is 16.6. The van der Waals surface area contributed by atoms with Crippen molar-refractivity contribution < 1.29 is 28.6 Å². The van der Waals surface area contributed by atoms with Crippen molar-refractivity contribution >= 4 is 17.9 Å². The van der Waals surface area contributed by atoms with E-state index < -0.39 is 6.10 Å². The Labute approximate surface area is 513 Å². The topological polar surface area (TPSA) is 78.9 Å². The van der Waals surface area contributed by atoms with Crippen molar-refractivity contribution in [2.75, 3.05) is 13.2 Å². The maximum atomic E-state index is 12.9. The molecule has 1 atom stereocenters. The predicted octanol–water partition coefficient (Wildman–Crippen LogP) is 24.1. The van der Waals surface area contributed by atoms with E-state index in [0.717, 1.165) is 161 Å². The van der Waals surface area contributed by atoms with Gasteiger partial charge in [-0.3, -0.25) is 14.4 Å². The smallest absolute Gasteiger partial charge is 0.306 e. The van der Waals surface area contributed by atoms with Gasteiger partial charge < -0.3 is 14.2 Å². The van der Waals surface area contributed by atoms with E-state index in [1.165, 1.54) is 116 Å². The summed E-state index contributed by atoms with van der Waals surface area (Å²) < 4.78 is 16.9. The van der Waals surface area contributed by atoms with Crippen molar-refractivity contribution in [3.63, 3.8) is 0 Å². The molecule has 0 N–H and O–H groups in total. The highest BCUT2D eigenvalue weighted by Gasteiger charge is 2.19. The molecule has 0 amide bonds. The fraction of sp³-hybridized carbons (Fsp3) is 0.675. The zero-order valence-electron chi connectivity index (χ0n) is 54.2. The summed E-state index contributed by atoms with van der Waals surface area (Å²) in [6.45, 7) is 6.48. The van der Waals surface area contributed by atoms with Gasteiger partial charge in [-0.1, -0.05) is 315 Å². The Balaban J connectivity index is 4.35. The Bertz CT molecular complexity index is 1750. The van der Waals surface area contributed by atoms with E-state index in [2.05, 4.69) is 154 Å². The number of hydrogen-bond acceptors (Lipinski definition) is 6. The minimum Gasteiger partial charge on any atom is -0.462 e. The lowest BCUT2D eigenvalue weighted by atomic mass is 10.0. The Hall–Kier alpha value is -4.45. The zero-order chi connectivity index (χ0) is 59.9. The van der Waals surface area contributed by atoms with Crippen LogP contribution in [0.1, 0.15) is 316 Å². The maximum Gasteiger partial charge on any atom is 0.306 e. The van der Waals surface area contributed by atoms with Crippen molar-refractivity contribution in [2.24, 2.45) is 0 Å². The quantitative estimate of drug-likeness (QED) is 0.0261. The van der Waals surface area contributed by atoms with Crippen molar-refractivity contribution in [3.8, 4) is 0 Å². The second-order valence-corrected chi connectivity index (χ2v) is 22.7. The number of rotatable bonds is 62. The first-order valence-corrected chi connectivity index (χ1v) is 34.7. The average molecular weight is 1150 g/mol. The molecule has 6 nitrogen and oxygen atoms in total. The summed E-state index contributed by atoms with van der Waals surface area (Å²) >= 11 is 0. The van der Waals surface area contributed by atoms with E-state index in [1.807, 2.05) is 0 Å². The van der Waals surface area contributed by atoms with Gasteiger partial charge in [0, 0.05) is 19.3 Å². The van der Waals surface area contributed by atoms with Crippen LogP contribution in [-0.2, 0) is 28.6 Å². The summed E-state index contributed by atoms with van der Waals surface area (Å²) in [6.07, 6.45) is 98.9. The van der Waals surface area contributed by atoms with Gasteiger partial charge in [0.05, 0.1) is 0 Å². The molecule has 0 heterocycles. The summed E-state index contributed by atoms with van der Waals surface area (Å²) in [4.78, 5) is 38.4. The van der Waals surface area contributed by atoms with E-state index in [1.54, 1.807) is 0 Å². The molecule has 0 aromatic heterocycles. The van der Waals surface area contributed by atoms with E-state index >= 15 is 0 Å². The molecule has 6 heteroatoms. The minimum absolute atomic E-state index is 0.0918. The largest absolute Gasteiger partial charge is 0.462 e. The fourth-order valence-corrected chi connectivity index (χ4v) is 9.45. The van der Waals surface area contributed by atoms with Crippen LogP contribution in [0.2, 0.25) is 0 Å². The second-order valence-electron chi connectivity index (χ2n) is 22.7. The van der Waals surface area contributed by atoms with Crippen molar-refractivity contribution in [3.05, 3.63) is 134 Å². The third-order valence-corrected chi connectivity index (χ3v) is 14.6. The van der Waals surface area contributed by atoms with E-state index in [9.17, 15) is 14.4 Å². The number of ether oxygens (including phenoxy) is 3. The van der Waals surface area contributed by atoms with Crippen LogP contribution >= 0.6 is 0 Å². The van der Waals surface area contributed by atoms with Crippen LogP contribution < -0.4 is 0 Å². The molecular formula is C77H128O6. The Kier molecular flexibility index (Phi) is 66.3. The van der Waals surface area contributed by atoms with Gasteiger partial charge in [0.25, 0.3) is 0 Å². The van der Waals surface area contributed by atoms with E-state index in [0.29, 0.717) is 19.3 Å². The molecule has 0 aromatic carbocycles. The zero-order valence-corrected chi connectivity index (χ0v) is 54.2. The normalized spacial score (nSPS) is 13.0. The van der Waals surface area contributed by atoms with Crippen LogP contribution in [0.15, 0.2) is 134 Å². The first-order chi connectivity index (χ1) is 41.0. The van der Waals surface area contributed by atoms with Gasteiger partial charge in [0.15, 0.2) is 6.10 Å². The third kappa shape index (κ3) is 68.2. The molecule has 0 aliphatic carbocycles. The van der Waals surface area contributed by atoms with Gasteiger partial charge in [-0.25, -0.2) is 0 Å². The van der Waals surface area contributed by atoms with Crippen LogP contribution in [0.3, 0.4) is 0 Å². The summed E-state index contributed by atoms with van der Waals surface area (Å²) in [7, 11) is 0. The molecule has 0 aromatic rings. The monoisotopic (exact) mass is 1150 g/mol. The van der Waals surface area contributed by atoms with Gasteiger partial charge in [-0.2, -0.15) is 0 Å². The molecule has 0 aliphatic rings. The lowest BCUT2D eigenvalue weighted by molar-refractivity contribution is -0.167. The second kappa shape index (κ2) is 70.0. The molecule has 1 unspecified atom stereocenters. The SMILES string of the molecule is CC/C=C\C/C=C\C/C=C\C/C=C\C/C=C\C/C=C\C/C=C\C/C=C\C/C=C\CCCCCCCC(=O)OCC(COC(=O)CCCCCCC/C=C\C/C=C\CCCC)OC(=O)CCCCCCCCCCCCCCCCCCCC. The standard InChI is InChI=1S/C77H128O6/c1-4-7-10-13-16-19-22-25-28-30-32-33-34-35-36-37-38-39-40-41-42-43-44-45-46-48-49-52-55-58-61-64-67-70-76(79)82-73-74(72-81-75(78)69-66-63-60-57-54-51-27-24-21-18-15-12-9-6-3)83-77(80)71-68-65-62-59-56-53-50-47-31-29-26-23-20-17-14-11-8-5-2/h7,10,15-16,18-19,24-25,27-28,32-33,35-36,38-39,41-42,44-45,48-49,74H,4-6,8-9,11-14,17,20-23,26,29-31,34,37,40,43,46-47,50-73H2,1-3H3/b10-7-,18-15-,19-16-,27-24-,28-25-,33-32-,36-35-,39-38-,42-41-,45-44-,49-48-. The predicted molar refractivity (Wildman–Crippen MR) is 362 cm³/mol. The Morgan fingerprint density at radius 1 is 0.253 bits per heavy atom. The lowest BCUT2D eigenvalue weighted by Crippen LogP contribution is -2.30. The van der Waals surface area contributed by atoms with Crippen molar-refractivity contribution in [1.82, 2.24) is 0 Å².